The van der Waals surface area contributed by atoms with Gasteiger partial charge in [-0.25, -0.2) is 13.1 Å². The van der Waals surface area contributed by atoms with Crippen LogP contribution in [0, 0.1) is 0 Å². The fourth-order valence-electron chi connectivity index (χ4n) is 2.70. The molecule has 11 heteroatoms. The fourth-order valence-corrected chi connectivity index (χ4v) is 5.25. The molecule has 1 aliphatic heterocycles. The number of amides is 1. The van der Waals surface area contributed by atoms with E-state index in [1.54, 1.807) is 6.07 Å². The van der Waals surface area contributed by atoms with Gasteiger partial charge in [0.25, 0.3) is 0 Å². The van der Waals surface area contributed by atoms with Crippen LogP contribution in [0.25, 0.3) is 0 Å². The minimum absolute atomic E-state index is 0.142. The Balaban J connectivity index is 1.84. The molecule has 1 unspecified atom stereocenters. The zero-order valence-electron chi connectivity index (χ0n) is 15.5. The second kappa shape index (κ2) is 10.3. The summed E-state index contributed by atoms with van der Waals surface area (Å²) in [5.74, 6) is 0.774. The van der Waals surface area contributed by atoms with Gasteiger partial charge in [0, 0.05) is 38.6 Å². The van der Waals surface area contributed by atoms with E-state index in [9.17, 15) is 13.2 Å². The van der Waals surface area contributed by atoms with Crippen molar-refractivity contribution in [2.45, 2.75) is 36.9 Å². The lowest BCUT2D eigenvalue weighted by molar-refractivity contribution is -0.129. The molecule has 3 N–H and O–H groups in total. The van der Waals surface area contributed by atoms with Gasteiger partial charge in [-0.1, -0.05) is 18.5 Å². The molecule has 0 radical (unpaired) electrons. The summed E-state index contributed by atoms with van der Waals surface area (Å²) in [6, 6.07) is 3.18. The zero-order chi connectivity index (χ0) is 19.9. The van der Waals surface area contributed by atoms with E-state index >= 15 is 0 Å². The van der Waals surface area contributed by atoms with Crippen LogP contribution >= 0.6 is 22.9 Å². The number of guanidine groups is 1. The summed E-state index contributed by atoms with van der Waals surface area (Å²) < 4.78 is 27.4. The summed E-state index contributed by atoms with van der Waals surface area (Å²) >= 11 is 6.80. The predicted molar refractivity (Wildman–Crippen MR) is 109 cm³/mol. The van der Waals surface area contributed by atoms with Crippen LogP contribution in [0.4, 0.5) is 0 Å². The lowest BCUT2D eigenvalue weighted by Gasteiger charge is -2.18. The maximum Gasteiger partial charge on any atom is 0.250 e. The number of likely N-dealkylation sites (tertiary alicyclic amines) is 1. The van der Waals surface area contributed by atoms with E-state index in [4.69, 9.17) is 11.6 Å². The molecule has 0 saturated carbocycles. The van der Waals surface area contributed by atoms with Crippen LogP contribution in [0.1, 0.15) is 26.7 Å². The second-order valence-corrected chi connectivity index (χ2v) is 9.75. The molecule has 0 aliphatic carbocycles. The number of carbonyl (C=O) groups is 1. The van der Waals surface area contributed by atoms with Crippen LogP contribution in [0.3, 0.4) is 0 Å². The molecule has 0 spiro atoms. The standard InChI is InChI=1S/C16H26ClN5O3S2/c1-3-14(23)22-10-7-12(11-22)21-16(18-4-2)19-8-9-20-27(24,25)15-6-5-13(17)26-15/h5-6,12,20H,3-4,7-11H2,1-2H3,(H2,18,19,21). The van der Waals surface area contributed by atoms with Crippen molar-refractivity contribution in [1.82, 2.24) is 20.3 Å². The summed E-state index contributed by atoms with van der Waals surface area (Å²) in [6.07, 6.45) is 1.37. The van der Waals surface area contributed by atoms with E-state index in [2.05, 4.69) is 20.3 Å². The fraction of sp³-hybridized carbons (Fsp3) is 0.625. The minimum atomic E-state index is -3.56. The zero-order valence-corrected chi connectivity index (χ0v) is 17.9. The molecule has 8 nitrogen and oxygen atoms in total. The maximum atomic E-state index is 12.1. The molecule has 1 aromatic heterocycles. The quantitative estimate of drug-likeness (QED) is 0.324. The van der Waals surface area contributed by atoms with Gasteiger partial charge < -0.3 is 15.5 Å². The van der Waals surface area contributed by atoms with Crippen molar-refractivity contribution < 1.29 is 13.2 Å². The Morgan fingerprint density at radius 1 is 1.41 bits per heavy atom. The number of aliphatic imine (C=N–C) groups is 1. The number of thiophene rings is 1. The third-order valence-electron chi connectivity index (χ3n) is 4.02. The highest BCUT2D eigenvalue weighted by Crippen LogP contribution is 2.25. The Kier molecular flexibility index (Phi) is 8.33. The average molecular weight is 436 g/mol. The molecule has 1 saturated heterocycles. The summed E-state index contributed by atoms with van der Waals surface area (Å²) in [5, 5.41) is 6.45. The molecule has 2 rings (SSSR count). The molecule has 2 heterocycles. The van der Waals surface area contributed by atoms with E-state index in [-0.39, 0.29) is 29.2 Å². The van der Waals surface area contributed by atoms with Crippen LogP contribution in [-0.2, 0) is 14.8 Å². The van der Waals surface area contributed by atoms with Gasteiger partial charge in [-0.05, 0) is 25.5 Å². The van der Waals surface area contributed by atoms with Gasteiger partial charge in [0.2, 0.25) is 15.9 Å². The summed E-state index contributed by atoms with van der Waals surface area (Å²) in [7, 11) is -3.56. The Bertz CT molecular complexity index is 766. The van der Waals surface area contributed by atoms with Crippen molar-refractivity contribution in [2.24, 2.45) is 4.99 Å². The van der Waals surface area contributed by atoms with E-state index in [1.165, 1.54) is 6.07 Å². The van der Waals surface area contributed by atoms with E-state index in [0.29, 0.717) is 29.8 Å². The Hall–Kier alpha value is -1.36. The van der Waals surface area contributed by atoms with Crippen LogP contribution < -0.4 is 15.4 Å². The number of halogens is 1. The first-order valence-corrected chi connectivity index (χ1v) is 11.6. The minimum Gasteiger partial charge on any atom is -0.357 e. The third kappa shape index (κ3) is 6.63. The van der Waals surface area contributed by atoms with Gasteiger partial charge in [-0.2, -0.15) is 0 Å². The molecule has 1 aliphatic rings. The lowest BCUT2D eigenvalue weighted by atomic mass is 10.3. The van der Waals surface area contributed by atoms with E-state index < -0.39 is 10.0 Å². The Labute approximate surface area is 169 Å². The SMILES string of the molecule is CCNC(=NCCNS(=O)(=O)c1ccc(Cl)s1)NC1CCN(C(=O)CC)C1. The van der Waals surface area contributed by atoms with Crippen molar-refractivity contribution >= 4 is 44.8 Å². The molecule has 1 fully saturated rings. The van der Waals surface area contributed by atoms with Crippen LogP contribution in [-0.4, -0.2) is 64.0 Å². The van der Waals surface area contributed by atoms with Crippen molar-refractivity contribution in [1.29, 1.82) is 0 Å². The first-order chi connectivity index (χ1) is 12.9. The molecule has 0 aromatic carbocycles. The van der Waals surface area contributed by atoms with Crippen LogP contribution in [0.5, 0.6) is 0 Å². The van der Waals surface area contributed by atoms with Gasteiger partial charge in [-0.3, -0.25) is 9.79 Å². The average Bonchev–Trinajstić information content (AvgIpc) is 3.27. The highest BCUT2D eigenvalue weighted by Gasteiger charge is 2.25. The van der Waals surface area contributed by atoms with Crippen molar-refractivity contribution in [2.75, 3.05) is 32.7 Å². The largest absolute Gasteiger partial charge is 0.357 e. The van der Waals surface area contributed by atoms with Crippen molar-refractivity contribution in [3.05, 3.63) is 16.5 Å². The molecule has 1 aromatic rings. The topological polar surface area (TPSA) is 103 Å². The van der Waals surface area contributed by atoms with Gasteiger partial charge in [0.1, 0.15) is 4.21 Å². The summed E-state index contributed by atoms with van der Waals surface area (Å²) in [6.45, 7) is 6.38. The van der Waals surface area contributed by atoms with Gasteiger partial charge in [0.15, 0.2) is 5.96 Å². The van der Waals surface area contributed by atoms with E-state index in [0.717, 1.165) is 24.3 Å². The van der Waals surface area contributed by atoms with Gasteiger partial charge in [0.05, 0.1) is 10.9 Å². The number of rotatable bonds is 8. The number of nitrogens with one attached hydrogen (secondary N) is 3. The van der Waals surface area contributed by atoms with Gasteiger partial charge >= 0.3 is 0 Å². The van der Waals surface area contributed by atoms with Gasteiger partial charge in [-0.15, -0.1) is 11.3 Å². The first-order valence-electron chi connectivity index (χ1n) is 8.93. The smallest absolute Gasteiger partial charge is 0.250 e. The molecular weight excluding hydrogens is 410 g/mol. The van der Waals surface area contributed by atoms with Crippen molar-refractivity contribution in [3.8, 4) is 0 Å². The summed E-state index contributed by atoms with van der Waals surface area (Å²) in [4.78, 5) is 18.0. The monoisotopic (exact) mass is 435 g/mol. The highest BCUT2D eigenvalue weighted by molar-refractivity contribution is 7.91. The molecule has 1 atom stereocenters. The Morgan fingerprint density at radius 2 is 2.19 bits per heavy atom. The van der Waals surface area contributed by atoms with Crippen LogP contribution in [0.15, 0.2) is 21.3 Å². The molecule has 152 valence electrons. The number of hydrogen-bond acceptors (Lipinski definition) is 5. The molecule has 0 bridgehead atoms. The predicted octanol–water partition coefficient (Wildman–Crippen LogP) is 1.25. The van der Waals surface area contributed by atoms with Crippen LogP contribution in [0.2, 0.25) is 4.34 Å². The number of carbonyl (C=O) groups excluding carboxylic acids is 1. The number of sulfonamides is 1. The second-order valence-electron chi connectivity index (χ2n) is 6.04. The number of hydrogen-bond donors (Lipinski definition) is 3. The normalized spacial score (nSPS) is 18.0. The number of nitrogens with zero attached hydrogens (tertiary/aromatic N) is 2. The first kappa shape index (κ1) is 21.9. The molecular formula is C16H26ClN5O3S2. The molecule has 1 amide bonds. The Morgan fingerprint density at radius 3 is 2.81 bits per heavy atom. The highest BCUT2D eigenvalue weighted by atomic mass is 35.5. The summed E-state index contributed by atoms with van der Waals surface area (Å²) in [5.41, 5.74) is 0. The van der Waals surface area contributed by atoms with E-state index in [1.807, 2.05) is 18.7 Å². The molecule has 27 heavy (non-hydrogen) atoms. The third-order valence-corrected chi connectivity index (χ3v) is 7.20. The van der Waals surface area contributed by atoms with Crippen molar-refractivity contribution in [3.63, 3.8) is 0 Å². The lowest BCUT2D eigenvalue weighted by Crippen LogP contribution is -2.45. The maximum absolute atomic E-state index is 12.1.